The summed E-state index contributed by atoms with van der Waals surface area (Å²) in [6.07, 6.45) is -4.93. The fourth-order valence-electron chi connectivity index (χ4n) is 4.01. The van der Waals surface area contributed by atoms with Crippen LogP contribution in [0.5, 0.6) is 17.2 Å². The van der Waals surface area contributed by atoms with Crippen LogP contribution >= 0.6 is 0 Å². The van der Waals surface area contributed by atoms with Gasteiger partial charge in [-0.15, -0.1) is 0 Å². The lowest BCUT2D eigenvalue weighted by Gasteiger charge is -2.39. The summed E-state index contributed by atoms with van der Waals surface area (Å²) in [5.74, 6) is 1.39. The van der Waals surface area contributed by atoms with Gasteiger partial charge in [0.15, 0.2) is 16.9 Å². The van der Waals surface area contributed by atoms with Crippen molar-refractivity contribution in [1.82, 2.24) is 0 Å². The van der Waals surface area contributed by atoms with E-state index in [-0.39, 0.29) is 16.8 Å². The third-order valence-corrected chi connectivity index (χ3v) is 5.91. The SMILES string of the molecule is O=c1c(-c2ccc3c(c2)OCCCO3)coc2cc(O[C@H]3O[C@H](CO)[C@@H](O)[C@H](O)[C@@H]3O)ccc12. The van der Waals surface area contributed by atoms with Crippen LogP contribution in [0.15, 0.2) is 51.9 Å². The highest BCUT2D eigenvalue weighted by Crippen LogP contribution is 2.34. The van der Waals surface area contributed by atoms with Crippen molar-refractivity contribution in [1.29, 1.82) is 0 Å². The van der Waals surface area contributed by atoms with Crippen molar-refractivity contribution in [3.63, 3.8) is 0 Å². The lowest BCUT2D eigenvalue weighted by atomic mass is 9.99. The molecule has 10 heteroatoms. The molecular weight excluding hydrogens is 448 g/mol. The minimum atomic E-state index is -1.56. The van der Waals surface area contributed by atoms with E-state index in [4.69, 9.17) is 23.4 Å². The van der Waals surface area contributed by atoms with Crippen molar-refractivity contribution in [2.45, 2.75) is 37.1 Å². The number of aliphatic hydroxyl groups is 4. The maximum atomic E-state index is 13.2. The second-order valence-electron chi connectivity index (χ2n) is 8.16. The Morgan fingerprint density at radius 1 is 0.941 bits per heavy atom. The first-order valence-electron chi connectivity index (χ1n) is 10.9. The minimum absolute atomic E-state index is 0.198. The molecule has 1 saturated heterocycles. The number of aliphatic hydroxyl groups excluding tert-OH is 4. The quantitative estimate of drug-likeness (QED) is 0.430. The van der Waals surface area contributed by atoms with E-state index in [2.05, 4.69) is 0 Å². The first kappa shape index (κ1) is 22.6. The molecule has 2 aromatic carbocycles. The van der Waals surface area contributed by atoms with Crippen LogP contribution in [0.3, 0.4) is 0 Å². The zero-order chi connectivity index (χ0) is 23.8. The lowest BCUT2D eigenvalue weighted by molar-refractivity contribution is -0.277. The van der Waals surface area contributed by atoms with Gasteiger partial charge in [-0.1, -0.05) is 6.07 Å². The molecule has 10 nitrogen and oxygen atoms in total. The van der Waals surface area contributed by atoms with Crippen LogP contribution in [0.2, 0.25) is 0 Å². The average Bonchev–Trinajstić information content (AvgIpc) is 3.09. The highest BCUT2D eigenvalue weighted by molar-refractivity contribution is 5.83. The van der Waals surface area contributed by atoms with E-state index in [1.54, 1.807) is 18.2 Å². The number of fused-ring (bicyclic) bond motifs is 2. The van der Waals surface area contributed by atoms with Crippen LogP contribution in [-0.2, 0) is 4.74 Å². The zero-order valence-corrected chi connectivity index (χ0v) is 18.0. The summed E-state index contributed by atoms with van der Waals surface area (Å²) in [7, 11) is 0. The predicted octanol–water partition coefficient (Wildman–Crippen LogP) is 0.800. The van der Waals surface area contributed by atoms with Crippen molar-refractivity contribution >= 4 is 11.0 Å². The summed E-state index contributed by atoms with van der Waals surface area (Å²) in [4.78, 5) is 13.2. The first-order chi connectivity index (χ1) is 16.5. The van der Waals surface area contributed by atoms with E-state index < -0.39 is 37.3 Å². The van der Waals surface area contributed by atoms with Crippen LogP contribution in [0.4, 0.5) is 0 Å². The summed E-state index contributed by atoms with van der Waals surface area (Å²) in [6, 6.07) is 9.75. The molecule has 0 spiro atoms. The smallest absolute Gasteiger partial charge is 0.229 e. The first-order valence-corrected chi connectivity index (χ1v) is 10.9. The Kier molecular flexibility index (Phi) is 6.15. The Hall–Kier alpha value is -3.15. The Bertz CT molecular complexity index is 1240. The number of benzene rings is 2. The van der Waals surface area contributed by atoms with Gasteiger partial charge in [-0.05, 0) is 29.8 Å². The largest absolute Gasteiger partial charge is 0.490 e. The van der Waals surface area contributed by atoms with Gasteiger partial charge in [-0.3, -0.25) is 4.79 Å². The lowest BCUT2D eigenvalue weighted by Crippen LogP contribution is -2.60. The second kappa shape index (κ2) is 9.24. The van der Waals surface area contributed by atoms with Crippen LogP contribution in [-0.4, -0.2) is 71.0 Å². The Morgan fingerprint density at radius 3 is 2.53 bits per heavy atom. The van der Waals surface area contributed by atoms with Crippen molar-refractivity contribution in [2.75, 3.05) is 19.8 Å². The summed E-state index contributed by atoms with van der Waals surface area (Å²) in [5.41, 5.74) is 0.965. The molecule has 4 N–H and O–H groups in total. The predicted molar refractivity (Wildman–Crippen MR) is 118 cm³/mol. The fourth-order valence-corrected chi connectivity index (χ4v) is 4.01. The average molecular weight is 472 g/mol. The van der Waals surface area contributed by atoms with E-state index in [9.17, 15) is 25.2 Å². The summed E-state index contributed by atoms with van der Waals surface area (Å²) < 4.78 is 28.0. The normalized spacial score (nSPS) is 26.8. The standard InChI is InChI=1S/C24H24O10/c25-10-19-21(27)22(28)23(29)24(34-19)33-13-3-4-14-17(9-13)32-11-15(20(14)26)12-2-5-16-18(8-12)31-7-1-6-30-16/h2-5,8-9,11,19,21-25,27-29H,1,6-7,10H2/t19-,21-,22+,23+,24+/m1/s1. The molecule has 0 bridgehead atoms. The second-order valence-corrected chi connectivity index (χ2v) is 8.16. The fraction of sp³-hybridized carbons (Fsp3) is 0.375. The van der Waals surface area contributed by atoms with E-state index >= 15 is 0 Å². The van der Waals surface area contributed by atoms with E-state index in [0.29, 0.717) is 41.2 Å². The van der Waals surface area contributed by atoms with E-state index in [1.807, 2.05) is 0 Å². The van der Waals surface area contributed by atoms with Gasteiger partial charge >= 0.3 is 0 Å². The van der Waals surface area contributed by atoms with Crippen molar-refractivity contribution in [2.24, 2.45) is 0 Å². The molecule has 0 amide bonds. The molecule has 3 heterocycles. The third-order valence-electron chi connectivity index (χ3n) is 5.91. The number of hydrogen-bond acceptors (Lipinski definition) is 10. The maximum absolute atomic E-state index is 13.2. The summed E-state index contributed by atoms with van der Waals surface area (Å²) >= 11 is 0. The molecular formula is C24H24O10. The van der Waals surface area contributed by atoms with Crippen molar-refractivity contribution in [3.05, 3.63) is 52.9 Å². The molecule has 180 valence electrons. The minimum Gasteiger partial charge on any atom is -0.490 e. The van der Waals surface area contributed by atoms with Crippen LogP contribution < -0.4 is 19.6 Å². The maximum Gasteiger partial charge on any atom is 0.229 e. The third kappa shape index (κ3) is 4.10. The molecule has 1 fully saturated rings. The molecule has 5 rings (SSSR count). The molecule has 0 unspecified atom stereocenters. The van der Waals surface area contributed by atoms with Crippen LogP contribution in [0, 0.1) is 0 Å². The monoisotopic (exact) mass is 472 g/mol. The number of rotatable bonds is 4. The topological polar surface area (TPSA) is 148 Å². The van der Waals surface area contributed by atoms with Gasteiger partial charge in [0.1, 0.15) is 42.0 Å². The zero-order valence-electron chi connectivity index (χ0n) is 18.0. The highest BCUT2D eigenvalue weighted by Gasteiger charge is 2.44. The Balaban J connectivity index is 1.42. The van der Waals surface area contributed by atoms with Gasteiger partial charge in [0.25, 0.3) is 0 Å². The summed E-state index contributed by atoms with van der Waals surface area (Å²) in [6.45, 7) is 0.526. The van der Waals surface area contributed by atoms with Gasteiger partial charge in [0.05, 0.1) is 30.8 Å². The number of hydrogen-bond donors (Lipinski definition) is 4. The van der Waals surface area contributed by atoms with E-state index in [0.717, 1.165) is 6.42 Å². The Labute approximate surface area is 193 Å². The van der Waals surface area contributed by atoms with Gasteiger partial charge in [0, 0.05) is 12.5 Å². The van der Waals surface area contributed by atoms with Gasteiger partial charge in [-0.2, -0.15) is 0 Å². The Morgan fingerprint density at radius 2 is 1.74 bits per heavy atom. The molecule has 5 atom stereocenters. The van der Waals surface area contributed by atoms with Gasteiger partial charge in [0.2, 0.25) is 6.29 Å². The molecule has 0 saturated carbocycles. The van der Waals surface area contributed by atoms with Gasteiger partial charge in [-0.25, -0.2) is 0 Å². The van der Waals surface area contributed by atoms with Crippen molar-refractivity contribution in [3.8, 4) is 28.4 Å². The molecule has 3 aromatic rings. The highest BCUT2D eigenvalue weighted by atomic mass is 16.7. The molecule has 0 aliphatic carbocycles. The molecule has 0 radical (unpaired) electrons. The molecule has 1 aromatic heterocycles. The molecule has 2 aliphatic heterocycles. The molecule has 34 heavy (non-hydrogen) atoms. The van der Waals surface area contributed by atoms with E-state index in [1.165, 1.54) is 24.5 Å². The molecule has 2 aliphatic rings. The van der Waals surface area contributed by atoms with Gasteiger partial charge < -0.3 is 43.8 Å². The summed E-state index contributed by atoms with van der Waals surface area (Å²) in [5, 5.41) is 39.6. The number of ether oxygens (including phenoxy) is 4. The van der Waals surface area contributed by atoms with Crippen LogP contribution in [0.1, 0.15) is 6.42 Å². The van der Waals surface area contributed by atoms with Crippen molar-refractivity contribution < 1.29 is 43.8 Å². The van der Waals surface area contributed by atoms with Crippen LogP contribution in [0.25, 0.3) is 22.1 Å².